The van der Waals surface area contributed by atoms with Gasteiger partial charge in [0.05, 0.1) is 11.4 Å². The smallest absolute Gasteiger partial charge is 0.192 e. The molecule has 0 unspecified atom stereocenters. The van der Waals surface area contributed by atoms with Crippen LogP contribution in [0.4, 0.5) is 0 Å². The minimum atomic E-state index is 0.390. The summed E-state index contributed by atoms with van der Waals surface area (Å²) in [5, 5.41) is 13.4. The SMILES string of the molecule is Cc1nc2c(C#N)nc3c(n2n1)CCCC3. The van der Waals surface area contributed by atoms with E-state index in [9.17, 15) is 0 Å². The highest BCUT2D eigenvalue weighted by Crippen LogP contribution is 2.21. The number of aryl methyl sites for hydroxylation is 3. The van der Waals surface area contributed by atoms with Crippen molar-refractivity contribution in [2.75, 3.05) is 0 Å². The van der Waals surface area contributed by atoms with E-state index in [-0.39, 0.29) is 0 Å². The normalized spacial score (nSPS) is 14.8. The predicted octanol–water partition coefficient (Wildman–Crippen LogP) is 1.18. The van der Waals surface area contributed by atoms with Gasteiger partial charge in [-0.1, -0.05) is 0 Å². The predicted molar refractivity (Wildman–Crippen MR) is 56.9 cm³/mol. The van der Waals surface area contributed by atoms with Crippen molar-refractivity contribution in [3.63, 3.8) is 0 Å². The summed E-state index contributed by atoms with van der Waals surface area (Å²) in [6.45, 7) is 1.84. The van der Waals surface area contributed by atoms with Crippen LogP contribution in [-0.2, 0) is 12.8 Å². The van der Waals surface area contributed by atoms with Gasteiger partial charge in [0.1, 0.15) is 11.9 Å². The molecule has 5 heteroatoms. The van der Waals surface area contributed by atoms with Gasteiger partial charge >= 0.3 is 0 Å². The lowest BCUT2D eigenvalue weighted by Gasteiger charge is -2.15. The van der Waals surface area contributed by atoms with Crippen LogP contribution in [0.5, 0.6) is 0 Å². The molecule has 16 heavy (non-hydrogen) atoms. The quantitative estimate of drug-likeness (QED) is 0.659. The molecule has 0 saturated heterocycles. The molecular formula is C11H11N5. The molecule has 0 aromatic carbocycles. The van der Waals surface area contributed by atoms with Gasteiger partial charge in [-0.2, -0.15) is 10.4 Å². The third-order valence-corrected chi connectivity index (χ3v) is 2.94. The van der Waals surface area contributed by atoms with Crippen LogP contribution in [0.2, 0.25) is 0 Å². The number of nitrogens with zero attached hydrogens (tertiary/aromatic N) is 5. The van der Waals surface area contributed by atoms with Crippen molar-refractivity contribution < 1.29 is 0 Å². The van der Waals surface area contributed by atoms with Gasteiger partial charge in [-0.3, -0.25) is 0 Å². The highest BCUT2D eigenvalue weighted by Gasteiger charge is 2.19. The number of nitriles is 1. The number of hydrogen-bond acceptors (Lipinski definition) is 4. The first-order valence-electron chi connectivity index (χ1n) is 5.45. The summed E-state index contributed by atoms with van der Waals surface area (Å²) in [7, 11) is 0. The zero-order valence-corrected chi connectivity index (χ0v) is 9.06. The van der Waals surface area contributed by atoms with Gasteiger partial charge in [0.25, 0.3) is 0 Å². The van der Waals surface area contributed by atoms with Crippen molar-refractivity contribution in [3.05, 3.63) is 22.9 Å². The first-order valence-corrected chi connectivity index (χ1v) is 5.45. The fourth-order valence-corrected chi connectivity index (χ4v) is 2.24. The molecular weight excluding hydrogens is 202 g/mol. The minimum Gasteiger partial charge on any atom is -0.236 e. The van der Waals surface area contributed by atoms with Crippen LogP contribution in [0.1, 0.15) is 35.7 Å². The maximum atomic E-state index is 9.05. The average molecular weight is 213 g/mol. The summed E-state index contributed by atoms with van der Waals surface area (Å²) in [4.78, 5) is 8.65. The Labute approximate surface area is 92.8 Å². The summed E-state index contributed by atoms with van der Waals surface area (Å²) in [6.07, 6.45) is 4.23. The van der Waals surface area contributed by atoms with Crippen LogP contribution in [0.15, 0.2) is 0 Å². The number of rotatable bonds is 0. The molecule has 0 saturated carbocycles. The van der Waals surface area contributed by atoms with Gasteiger partial charge in [0.15, 0.2) is 11.3 Å². The Kier molecular flexibility index (Phi) is 1.90. The third-order valence-electron chi connectivity index (χ3n) is 2.94. The fraction of sp³-hybridized carbons (Fsp3) is 0.455. The molecule has 1 aliphatic rings. The molecule has 2 aromatic heterocycles. The maximum Gasteiger partial charge on any atom is 0.192 e. The van der Waals surface area contributed by atoms with E-state index in [0.29, 0.717) is 17.2 Å². The maximum absolute atomic E-state index is 9.05. The molecule has 0 aliphatic heterocycles. The molecule has 0 atom stereocenters. The van der Waals surface area contributed by atoms with Gasteiger partial charge < -0.3 is 0 Å². The topological polar surface area (TPSA) is 66.9 Å². The first kappa shape index (κ1) is 9.28. The fourth-order valence-electron chi connectivity index (χ4n) is 2.24. The van der Waals surface area contributed by atoms with E-state index in [1.807, 2.05) is 6.92 Å². The molecule has 5 nitrogen and oxygen atoms in total. The van der Waals surface area contributed by atoms with Crippen molar-refractivity contribution in [1.82, 2.24) is 19.6 Å². The summed E-state index contributed by atoms with van der Waals surface area (Å²) in [5.41, 5.74) is 3.13. The lowest BCUT2D eigenvalue weighted by atomic mass is 10.0. The summed E-state index contributed by atoms with van der Waals surface area (Å²) < 4.78 is 1.80. The third kappa shape index (κ3) is 1.20. The molecule has 1 aliphatic carbocycles. The molecule has 0 bridgehead atoms. The largest absolute Gasteiger partial charge is 0.236 e. The van der Waals surface area contributed by atoms with Crippen LogP contribution in [-0.4, -0.2) is 19.6 Å². The van der Waals surface area contributed by atoms with E-state index < -0.39 is 0 Å². The molecule has 0 fully saturated rings. The summed E-state index contributed by atoms with van der Waals surface area (Å²) >= 11 is 0. The molecule has 0 radical (unpaired) electrons. The first-order chi connectivity index (χ1) is 7.79. The molecule has 2 aromatic rings. The Hall–Kier alpha value is -1.96. The van der Waals surface area contributed by atoms with Gasteiger partial charge in [0.2, 0.25) is 0 Å². The number of fused-ring (bicyclic) bond motifs is 3. The van der Waals surface area contributed by atoms with Crippen molar-refractivity contribution in [3.8, 4) is 6.07 Å². The Bertz CT molecular complexity index is 605. The molecule has 0 spiro atoms. The molecule has 2 heterocycles. The van der Waals surface area contributed by atoms with E-state index >= 15 is 0 Å². The van der Waals surface area contributed by atoms with Crippen molar-refractivity contribution in [2.45, 2.75) is 32.6 Å². The van der Waals surface area contributed by atoms with Gasteiger partial charge in [-0.05, 0) is 32.6 Å². The Morgan fingerprint density at radius 2 is 2.06 bits per heavy atom. The zero-order valence-electron chi connectivity index (χ0n) is 9.06. The molecule has 80 valence electrons. The van der Waals surface area contributed by atoms with Crippen LogP contribution in [0.25, 0.3) is 5.65 Å². The standard InChI is InChI=1S/C11H11N5/c1-7-13-11-9(6-12)14-8-4-2-3-5-10(8)16(11)15-7/h2-5H2,1H3. The number of hydrogen-bond donors (Lipinski definition) is 0. The zero-order chi connectivity index (χ0) is 11.1. The number of aromatic nitrogens is 4. The highest BCUT2D eigenvalue weighted by atomic mass is 15.3. The van der Waals surface area contributed by atoms with Crippen LogP contribution in [0, 0.1) is 18.3 Å². The Balaban J connectivity index is 2.41. The van der Waals surface area contributed by atoms with Gasteiger partial charge in [-0.25, -0.2) is 14.5 Å². The van der Waals surface area contributed by atoms with E-state index in [1.54, 1.807) is 4.52 Å². The molecule has 0 N–H and O–H groups in total. The average Bonchev–Trinajstić information content (AvgIpc) is 2.69. The Morgan fingerprint density at radius 3 is 2.88 bits per heavy atom. The van der Waals surface area contributed by atoms with Crippen LogP contribution in [0.3, 0.4) is 0 Å². The Morgan fingerprint density at radius 1 is 1.25 bits per heavy atom. The second-order valence-corrected chi connectivity index (χ2v) is 4.07. The van der Waals surface area contributed by atoms with Crippen molar-refractivity contribution in [1.29, 1.82) is 5.26 Å². The van der Waals surface area contributed by atoms with E-state index in [2.05, 4.69) is 21.1 Å². The van der Waals surface area contributed by atoms with Crippen molar-refractivity contribution in [2.24, 2.45) is 0 Å². The van der Waals surface area contributed by atoms with Gasteiger partial charge in [-0.15, -0.1) is 0 Å². The minimum absolute atomic E-state index is 0.390. The van der Waals surface area contributed by atoms with Crippen LogP contribution < -0.4 is 0 Å². The highest BCUT2D eigenvalue weighted by molar-refractivity contribution is 5.52. The van der Waals surface area contributed by atoms with Crippen molar-refractivity contribution >= 4 is 5.65 Å². The monoisotopic (exact) mass is 213 g/mol. The molecule has 0 amide bonds. The second kappa shape index (κ2) is 3.27. The summed E-state index contributed by atoms with van der Waals surface area (Å²) in [6, 6.07) is 2.10. The summed E-state index contributed by atoms with van der Waals surface area (Å²) in [5.74, 6) is 0.692. The van der Waals surface area contributed by atoms with E-state index in [1.165, 1.54) is 0 Å². The molecule has 3 rings (SSSR count). The van der Waals surface area contributed by atoms with Crippen LogP contribution >= 0.6 is 0 Å². The lowest BCUT2D eigenvalue weighted by Crippen LogP contribution is -2.13. The second-order valence-electron chi connectivity index (χ2n) is 4.07. The lowest BCUT2D eigenvalue weighted by molar-refractivity contribution is 0.626. The van der Waals surface area contributed by atoms with E-state index in [4.69, 9.17) is 5.26 Å². The van der Waals surface area contributed by atoms with E-state index in [0.717, 1.165) is 37.1 Å². The van der Waals surface area contributed by atoms with Gasteiger partial charge in [0, 0.05) is 0 Å².